The van der Waals surface area contributed by atoms with Crippen LogP contribution in [0.4, 0.5) is 0 Å². The summed E-state index contributed by atoms with van der Waals surface area (Å²) in [5, 5.41) is 3.83. The second-order valence-corrected chi connectivity index (χ2v) is 6.70. The van der Waals surface area contributed by atoms with Gasteiger partial charge in [-0.15, -0.1) is 11.8 Å². The molecule has 1 unspecified atom stereocenters. The molecule has 0 bridgehead atoms. The molecule has 1 N–H and O–H groups in total. The van der Waals surface area contributed by atoms with Gasteiger partial charge < -0.3 is 10.2 Å². The Kier molecular flexibility index (Phi) is 6.62. The molecule has 4 nitrogen and oxygen atoms in total. The predicted molar refractivity (Wildman–Crippen MR) is 95.8 cm³/mol. The first-order chi connectivity index (χ1) is 11.1. The number of carbonyl (C=O) groups excluding carboxylic acids is 1. The summed E-state index contributed by atoms with van der Waals surface area (Å²) in [7, 11) is 4.07. The fourth-order valence-electron chi connectivity index (χ4n) is 2.10. The minimum absolute atomic E-state index is 0.0384. The highest BCUT2D eigenvalue weighted by Crippen LogP contribution is 2.21. The van der Waals surface area contributed by atoms with E-state index in [0.29, 0.717) is 5.56 Å². The third kappa shape index (κ3) is 5.37. The van der Waals surface area contributed by atoms with E-state index in [2.05, 4.69) is 15.2 Å². The first-order valence-corrected chi connectivity index (χ1v) is 8.65. The normalized spacial score (nSPS) is 12.2. The van der Waals surface area contributed by atoms with Crippen molar-refractivity contribution in [1.29, 1.82) is 0 Å². The van der Waals surface area contributed by atoms with Crippen LogP contribution in [0, 0.1) is 0 Å². The van der Waals surface area contributed by atoms with E-state index in [1.807, 2.05) is 57.4 Å². The van der Waals surface area contributed by atoms with Gasteiger partial charge in [0.05, 0.1) is 11.6 Å². The smallest absolute Gasteiger partial charge is 0.254 e. The van der Waals surface area contributed by atoms with Gasteiger partial charge in [-0.25, -0.2) is 4.98 Å². The van der Waals surface area contributed by atoms with Gasteiger partial charge in [0.2, 0.25) is 0 Å². The molecule has 0 saturated carbocycles. The molecule has 0 aliphatic carbocycles. The molecular formula is C18H23N3OS. The molecule has 0 saturated heterocycles. The van der Waals surface area contributed by atoms with E-state index in [1.165, 1.54) is 0 Å². The van der Waals surface area contributed by atoms with Gasteiger partial charge >= 0.3 is 0 Å². The first-order valence-electron chi connectivity index (χ1n) is 7.66. The van der Waals surface area contributed by atoms with E-state index in [1.54, 1.807) is 24.0 Å². The van der Waals surface area contributed by atoms with Crippen LogP contribution in [0.2, 0.25) is 0 Å². The maximum absolute atomic E-state index is 12.6. The summed E-state index contributed by atoms with van der Waals surface area (Å²) in [6, 6.07) is 13.6. The number of amides is 1. The predicted octanol–water partition coefficient (Wildman–Crippen LogP) is 3.23. The van der Waals surface area contributed by atoms with Crippen LogP contribution in [0.25, 0.3) is 0 Å². The molecule has 0 fully saturated rings. The number of nitrogens with zero attached hydrogens (tertiary/aromatic N) is 2. The molecule has 1 atom stereocenters. The second-order valence-electron chi connectivity index (χ2n) is 5.61. The number of thioether (sulfide) groups is 1. The summed E-state index contributed by atoms with van der Waals surface area (Å²) >= 11 is 1.61. The lowest BCUT2D eigenvalue weighted by Crippen LogP contribution is -2.27. The Hall–Kier alpha value is -1.85. The van der Waals surface area contributed by atoms with Crippen molar-refractivity contribution in [3.05, 3.63) is 59.8 Å². The van der Waals surface area contributed by atoms with E-state index in [4.69, 9.17) is 0 Å². The Morgan fingerprint density at radius 1 is 1.22 bits per heavy atom. The maximum Gasteiger partial charge on any atom is 0.254 e. The maximum atomic E-state index is 12.6. The van der Waals surface area contributed by atoms with Crippen molar-refractivity contribution in [3.8, 4) is 0 Å². The van der Waals surface area contributed by atoms with Gasteiger partial charge in [-0.3, -0.25) is 4.79 Å². The topological polar surface area (TPSA) is 45.2 Å². The van der Waals surface area contributed by atoms with Crippen LogP contribution in [0.1, 0.15) is 28.9 Å². The Morgan fingerprint density at radius 2 is 1.96 bits per heavy atom. The molecular weight excluding hydrogens is 306 g/mol. The number of hydrogen-bond acceptors (Lipinski definition) is 4. The van der Waals surface area contributed by atoms with Crippen molar-refractivity contribution in [2.75, 3.05) is 26.4 Å². The van der Waals surface area contributed by atoms with Gasteiger partial charge in [0, 0.05) is 18.5 Å². The Bertz CT molecular complexity index is 631. The Morgan fingerprint density at radius 3 is 2.65 bits per heavy atom. The number of nitrogens with one attached hydrogen (secondary N) is 1. The molecule has 5 heteroatoms. The lowest BCUT2D eigenvalue weighted by atomic mass is 10.1. The minimum Gasteiger partial charge on any atom is -0.345 e. The van der Waals surface area contributed by atoms with E-state index in [-0.39, 0.29) is 11.9 Å². The molecule has 0 spiro atoms. The van der Waals surface area contributed by atoms with Crippen molar-refractivity contribution < 1.29 is 4.79 Å². The molecule has 1 aromatic heterocycles. The van der Waals surface area contributed by atoms with E-state index in [0.717, 1.165) is 22.9 Å². The van der Waals surface area contributed by atoms with Gasteiger partial charge in [0.1, 0.15) is 5.03 Å². The van der Waals surface area contributed by atoms with Crippen molar-refractivity contribution in [2.24, 2.45) is 0 Å². The summed E-state index contributed by atoms with van der Waals surface area (Å²) in [6.07, 6.45) is 1.73. The fourth-order valence-corrected chi connectivity index (χ4v) is 3.20. The Labute approximate surface area is 142 Å². The van der Waals surface area contributed by atoms with E-state index in [9.17, 15) is 4.79 Å². The van der Waals surface area contributed by atoms with E-state index < -0.39 is 0 Å². The van der Waals surface area contributed by atoms with Crippen LogP contribution < -0.4 is 5.32 Å². The quantitative estimate of drug-likeness (QED) is 0.792. The summed E-state index contributed by atoms with van der Waals surface area (Å²) in [5.74, 6) is 0.820. The third-order valence-corrected chi connectivity index (χ3v) is 4.43. The molecule has 2 aromatic rings. The fraction of sp³-hybridized carbons (Fsp3) is 0.333. The van der Waals surface area contributed by atoms with Crippen LogP contribution in [-0.2, 0) is 0 Å². The summed E-state index contributed by atoms with van der Waals surface area (Å²) in [6.45, 7) is 2.94. The Balaban J connectivity index is 2.04. The van der Waals surface area contributed by atoms with Gasteiger partial charge in [-0.1, -0.05) is 30.3 Å². The SMILES string of the molecule is CC(NC(=O)c1cccnc1SCCN(C)C)c1ccccc1. The van der Waals surface area contributed by atoms with Gasteiger partial charge in [-0.05, 0) is 38.7 Å². The van der Waals surface area contributed by atoms with Crippen LogP contribution in [0.5, 0.6) is 0 Å². The molecule has 23 heavy (non-hydrogen) atoms. The average Bonchev–Trinajstić information content (AvgIpc) is 2.55. The van der Waals surface area contributed by atoms with Crippen molar-refractivity contribution in [3.63, 3.8) is 0 Å². The molecule has 1 heterocycles. The lowest BCUT2D eigenvalue weighted by molar-refractivity contribution is 0.0936. The van der Waals surface area contributed by atoms with Gasteiger partial charge in [0.15, 0.2) is 0 Å². The highest BCUT2D eigenvalue weighted by Gasteiger charge is 2.15. The lowest BCUT2D eigenvalue weighted by Gasteiger charge is -2.16. The number of aromatic nitrogens is 1. The zero-order valence-corrected chi connectivity index (χ0v) is 14.6. The minimum atomic E-state index is -0.0817. The molecule has 1 aromatic carbocycles. The van der Waals surface area contributed by atoms with E-state index >= 15 is 0 Å². The number of hydrogen-bond donors (Lipinski definition) is 1. The summed E-state index contributed by atoms with van der Waals surface area (Å²) < 4.78 is 0. The number of carbonyl (C=O) groups is 1. The number of rotatable bonds is 7. The van der Waals surface area contributed by atoms with Crippen LogP contribution in [-0.4, -0.2) is 42.2 Å². The number of benzene rings is 1. The highest BCUT2D eigenvalue weighted by molar-refractivity contribution is 7.99. The van der Waals surface area contributed by atoms with Crippen molar-refractivity contribution in [1.82, 2.24) is 15.2 Å². The van der Waals surface area contributed by atoms with Crippen LogP contribution in [0.3, 0.4) is 0 Å². The van der Waals surface area contributed by atoms with Crippen LogP contribution in [0.15, 0.2) is 53.7 Å². The molecule has 2 rings (SSSR count). The summed E-state index contributed by atoms with van der Waals surface area (Å²) in [5.41, 5.74) is 1.73. The second kappa shape index (κ2) is 8.70. The van der Waals surface area contributed by atoms with Crippen molar-refractivity contribution in [2.45, 2.75) is 18.0 Å². The molecule has 0 aliphatic rings. The average molecular weight is 329 g/mol. The number of pyridine rings is 1. The van der Waals surface area contributed by atoms with Crippen molar-refractivity contribution >= 4 is 17.7 Å². The molecule has 0 aliphatic heterocycles. The van der Waals surface area contributed by atoms with Gasteiger partial charge in [0.25, 0.3) is 5.91 Å². The standard InChI is InChI=1S/C18H23N3OS/c1-14(15-8-5-4-6-9-15)20-17(22)16-10-7-11-19-18(16)23-13-12-21(2)3/h4-11,14H,12-13H2,1-3H3,(H,20,22). The molecule has 0 radical (unpaired) electrons. The first kappa shape index (κ1) is 17.5. The monoisotopic (exact) mass is 329 g/mol. The van der Waals surface area contributed by atoms with Crippen LogP contribution >= 0.6 is 11.8 Å². The molecule has 122 valence electrons. The zero-order chi connectivity index (χ0) is 16.7. The highest BCUT2D eigenvalue weighted by atomic mass is 32.2. The third-order valence-electron chi connectivity index (χ3n) is 3.44. The van der Waals surface area contributed by atoms with Gasteiger partial charge in [-0.2, -0.15) is 0 Å². The zero-order valence-electron chi connectivity index (χ0n) is 13.8. The summed E-state index contributed by atoms with van der Waals surface area (Å²) in [4.78, 5) is 19.0. The molecule has 1 amide bonds. The largest absolute Gasteiger partial charge is 0.345 e.